The molecule has 0 fully saturated rings. The van der Waals surface area contributed by atoms with Crippen LogP contribution in [0.25, 0.3) is 0 Å². The Kier molecular flexibility index (Phi) is 10.3. The third-order valence-corrected chi connectivity index (χ3v) is 7.85. The number of carbonyl (C=O) groups is 4. The maximum atomic E-state index is 12.1. The van der Waals surface area contributed by atoms with Gasteiger partial charge in [-0.1, -0.05) is 47.8 Å². The third-order valence-electron chi connectivity index (χ3n) is 5.64. The molecule has 14 heteroatoms. The lowest BCUT2D eigenvalue weighted by atomic mass is 10.2. The van der Waals surface area contributed by atoms with Gasteiger partial charge in [0.05, 0.1) is 0 Å². The number of nitrogens with one attached hydrogen (secondary N) is 2. The Morgan fingerprint density at radius 2 is 1.14 bits per heavy atom. The van der Waals surface area contributed by atoms with Crippen molar-refractivity contribution >= 4 is 57.5 Å². The molecule has 2 aromatic rings. The van der Waals surface area contributed by atoms with Crippen molar-refractivity contribution in [1.82, 2.24) is 20.7 Å². The van der Waals surface area contributed by atoms with Gasteiger partial charge in [-0.3, -0.25) is 19.2 Å². The Hall–Kier alpha value is -4.30. The van der Waals surface area contributed by atoms with Crippen LogP contribution < -0.4 is 20.1 Å². The van der Waals surface area contributed by atoms with Gasteiger partial charge in [0.25, 0.3) is 0 Å². The summed E-state index contributed by atoms with van der Waals surface area (Å²) in [6, 6.07) is 14.7. The number of hydrazone groups is 2. The van der Waals surface area contributed by atoms with E-state index in [2.05, 4.69) is 20.8 Å². The van der Waals surface area contributed by atoms with Gasteiger partial charge in [-0.25, -0.2) is 10.0 Å². The number of ether oxygens (including phenoxy) is 2. The summed E-state index contributed by atoms with van der Waals surface area (Å²) in [5.41, 5.74) is 1.62. The molecule has 0 saturated carbocycles. The maximum Gasteiger partial charge on any atom is 0.241 e. The molecule has 2 aliphatic rings. The molecule has 0 spiro atoms. The van der Waals surface area contributed by atoms with E-state index in [1.807, 2.05) is 60.7 Å². The van der Waals surface area contributed by atoms with Crippen molar-refractivity contribution in [3.05, 3.63) is 71.8 Å². The second-order valence-electron chi connectivity index (χ2n) is 9.08. The van der Waals surface area contributed by atoms with Crippen LogP contribution in [0, 0.1) is 0 Å². The first-order valence-electron chi connectivity index (χ1n) is 12.9. The van der Waals surface area contributed by atoms with E-state index >= 15 is 0 Å². The summed E-state index contributed by atoms with van der Waals surface area (Å²) < 4.78 is 11.7. The molecular formula is C28H30N6O6S2. The zero-order valence-corrected chi connectivity index (χ0v) is 25.0. The van der Waals surface area contributed by atoms with Crippen molar-refractivity contribution in [2.24, 2.45) is 10.2 Å². The Morgan fingerprint density at radius 1 is 0.738 bits per heavy atom. The highest BCUT2D eigenvalue weighted by atomic mass is 32.2. The van der Waals surface area contributed by atoms with Crippen molar-refractivity contribution in [2.75, 3.05) is 13.2 Å². The molecule has 4 amide bonds. The van der Waals surface area contributed by atoms with Crippen LogP contribution in [0.3, 0.4) is 0 Å². The monoisotopic (exact) mass is 610 g/mol. The summed E-state index contributed by atoms with van der Waals surface area (Å²) in [6.45, 7) is 6.21. The molecule has 0 radical (unpaired) electrons. The van der Waals surface area contributed by atoms with Gasteiger partial charge in [0.2, 0.25) is 23.6 Å². The van der Waals surface area contributed by atoms with Gasteiger partial charge in [-0.2, -0.15) is 0 Å². The van der Waals surface area contributed by atoms with Crippen molar-refractivity contribution in [1.29, 1.82) is 0 Å². The highest BCUT2D eigenvalue weighted by Gasteiger charge is 2.33. The fraction of sp³-hybridized carbons (Fsp3) is 0.286. The predicted octanol–water partition coefficient (Wildman–Crippen LogP) is 3.70. The molecule has 220 valence electrons. The zero-order valence-electron chi connectivity index (χ0n) is 23.4. The minimum atomic E-state index is -0.415. The first kappa shape index (κ1) is 30.7. The van der Waals surface area contributed by atoms with Crippen LogP contribution in [0.15, 0.2) is 70.9 Å². The molecule has 2 heterocycles. The average molecular weight is 611 g/mol. The normalized spacial score (nSPS) is 18.0. The van der Waals surface area contributed by atoms with E-state index in [4.69, 9.17) is 9.47 Å². The first-order chi connectivity index (χ1) is 20.1. The summed E-state index contributed by atoms with van der Waals surface area (Å²) in [5.74, 6) is 0.235. The molecule has 0 bridgehead atoms. The molecule has 2 unspecified atom stereocenters. The highest BCUT2D eigenvalue weighted by molar-refractivity contribution is 8.14. The van der Waals surface area contributed by atoms with Gasteiger partial charge in [-0.15, -0.1) is 10.2 Å². The van der Waals surface area contributed by atoms with Crippen molar-refractivity contribution < 1.29 is 28.7 Å². The summed E-state index contributed by atoms with van der Waals surface area (Å²) in [4.78, 5) is 47.0. The van der Waals surface area contributed by atoms with E-state index < -0.39 is 10.7 Å². The standard InChI is InChI=1S/C28H30N6O6S2/c1-17(35)29-27-31-33(19(3)37)25(41-27)21-9-7-11-23(15-21)39-13-5-6-14-40-24-12-8-10-22(16-24)26-34(20(4)38)32-28(42-26)30-18(2)36/h5-12,15-16,25-26H,13-14H2,1-4H3,(H,29,31,35)(H,30,32,36)/b6-5-. The lowest BCUT2D eigenvalue weighted by molar-refractivity contribution is -0.130. The molecule has 2 atom stereocenters. The second-order valence-corrected chi connectivity index (χ2v) is 11.2. The molecule has 4 rings (SSSR count). The van der Waals surface area contributed by atoms with Crippen LogP contribution in [0.1, 0.15) is 49.6 Å². The van der Waals surface area contributed by atoms with E-state index in [9.17, 15) is 19.2 Å². The molecular weight excluding hydrogens is 580 g/mol. The number of carbonyl (C=O) groups excluding carboxylic acids is 4. The second kappa shape index (κ2) is 14.0. The van der Waals surface area contributed by atoms with Crippen LogP contribution in [-0.2, 0) is 19.2 Å². The summed E-state index contributed by atoms with van der Waals surface area (Å²) >= 11 is 2.55. The topological polar surface area (TPSA) is 142 Å². The van der Waals surface area contributed by atoms with Crippen molar-refractivity contribution in [2.45, 2.75) is 38.4 Å². The number of amides is 4. The summed E-state index contributed by atoms with van der Waals surface area (Å²) in [7, 11) is 0. The smallest absolute Gasteiger partial charge is 0.241 e. The van der Waals surface area contributed by atoms with Gasteiger partial charge >= 0.3 is 0 Å². The molecule has 2 aliphatic heterocycles. The lowest BCUT2D eigenvalue weighted by Gasteiger charge is -2.19. The largest absolute Gasteiger partial charge is 0.490 e. The van der Waals surface area contributed by atoms with E-state index in [-0.39, 0.29) is 23.6 Å². The Balaban J connectivity index is 1.29. The average Bonchev–Trinajstić information content (AvgIpc) is 3.55. The van der Waals surface area contributed by atoms with E-state index in [0.29, 0.717) is 35.0 Å². The summed E-state index contributed by atoms with van der Waals surface area (Å²) in [6.07, 6.45) is 3.66. The number of thioether (sulfide) groups is 2. The number of hydrogen-bond acceptors (Lipinski definition) is 10. The third kappa shape index (κ3) is 8.13. The van der Waals surface area contributed by atoms with Gasteiger partial charge in [-0.05, 0) is 47.5 Å². The molecule has 0 aromatic heterocycles. The van der Waals surface area contributed by atoms with Gasteiger partial charge in [0.1, 0.15) is 35.5 Å². The Bertz CT molecular complexity index is 1350. The first-order valence-corrected chi connectivity index (χ1v) is 14.6. The maximum absolute atomic E-state index is 12.1. The lowest BCUT2D eigenvalue weighted by Crippen LogP contribution is -2.25. The van der Waals surface area contributed by atoms with Crippen molar-refractivity contribution in [3.8, 4) is 11.5 Å². The molecule has 0 aliphatic carbocycles. The fourth-order valence-electron chi connectivity index (χ4n) is 3.90. The van der Waals surface area contributed by atoms with Gasteiger partial charge < -0.3 is 20.1 Å². The molecule has 2 N–H and O–H groups in total. The minimum Gasteiger partial charge on any atom is -0.490 e. The van der Waals surface area contributed by atoms with Crippen LogP contribution in [-0.4, -0.2) is 57.2 Å². The van der Waals surface area contributed by atoms with Crippen LogP contribution >= 0.6 is 23.5 Å². The molecule has 0 saturated heterocycles. The number of nitrogens with zero attached hydrogens (tertiary/aromatic N) is 4. The SMILES string of the molecule is CC(=O)NC1=NN(C(C)=O)C(c2cccc(OC/C=C\COc3cccc(C4SC(NC(C)=O)=NN4C(C)=O)c3)c2)S1. The Morgan fingerprint density at radius 3 is 1.50 bits per heavy atom. The number of rotatable bonds is 8. The van der Waals surface area contributed by atoms with E-state index in [0.717, 1.165) is 11.1 Å². The van der Waals surface area contributed by atoms with Crippen molar-refractivity contribution in [3.63, 3.8) is 0 Å². The van der Waals surface area contributed by atoms with Crippen LogP contribution in [0.5, 0.6) is 11.5 Å². The fourth-order valence-corrected chi connectivity index (χ4v) is 6.15. The minimum absolute atomic E-state index is 0.242. The Labute approximate surface area is 251 Å². The summed E-state index contributed by atoms with van der Waals surface area (Å²) in [5, 5.41) is 16.3. The molecule has 2 aromatic carbocycles. The highest BCUT2D eigenvalue weighted by Crippen LogP contribution is 2.40. The van der Waals surface area contributed by atoms with Gasteiger partial charge in [0, 0.05) is 27.7 Å². The number of amidine groups is 2. The zero-order chi connectivity index (χ0) is 30.2. The van der Waals surface area contributed by atoms with E-state index in [1.54, 1.807) is 0 Å². The predicted molar refractivity (Wildman–Crippen MR) is 161 cm³/mol. The van der Waals surface area contributed by atoms with Crippen LogP contribution in [0.2, 0.25) is 0 Å². The molecule has 42 heavy (non-hydrogen) atoms. The van der Waals surface area contributed by atoms with Crippen LogP contribution in [0.4, 0.5) is 0 Å². The van der Waals surface area contributed by atoms with E-state index in [1.165, 1.54) is 61.2 Å². The number of benzene rings is 2. The number of hydrogen-bond donors (Lipinski definition) is 2. The molecule has 12 nitrogen and oxygen atoms in total. The van der Waals surface area contributed by atoms with Gasteiger partial charge in [0.15, 0.2) is 10.3 Å². The quantitative estimate of drug-likeness (QED) is 0.431.